The van der Waals surface area contributed by atoms with Gasteiger partial charge in [-0.3, -0.25) is 0 Å². The Bertz CT molecular complexity index is 694. The summed E-state index contributed by atoms with van der Waals surface area (Å²) in [6.07, 6.45) is 3.65. The molecule has 4 nitrogen and oxygen atoms in total. The summed E-state index contributed by atoms with van der Waals surface area (Å²) in [4.78, 5) is 4.61. The molecule has 2 fully saturated rings. The first-order valence-corrected chi connectivity index (χ1v) is 7.60. The van der Waals surface area contributed by atoms with Crippen LogP contribution < -0.4 is 0 Å². The molecule has 2 aromatic rings. The molecule has 2 aliphatic rings. The molecule has 0 bridgehead atoms. The maximum Gasteiger partial charge on any atom is 0.230 e. The van der Waals surface area contributed by atoms with Crippen LogP contribution in [0.2, 0.25) is 0 Å². The van der Waals surface area contributed by atoms with Crippen LogP contribution in [-0.4, -0.2) is 10.1 Å². The molecule has 0 N–H and O–H groups in total. The number of nitrogens with zero attached hydrogens (tertiary/aromatic N) is 3. The molecule has 3 atom stereocenters. The number of aromatic nitrogens is 2. The largest absolute Gasteiger partial charge is 0.339 e. The van der Waals surface area contributed by atoms with Gasteiger partial charge in [-0.25, -0.2) is 0 Å². The summed E-state index contributed by atoms with van der Waals surface area (Å²) in [5, 5.41) is 13.0. The van der Waals surface area contributed by atoms with Gasteiger partial charge in [0.1, 0.15) is 0 Å². The summed E-state index contributed by atoms with van der Waals surface area (Å²) in [7, 11) is 0. The van der Waals surface area contributed by atoms with Crippen molar-refractivity contribution in [2.24, 2.45) is 5.92 Å². The topological polar surface area (TPSA) is 62.7 Å². The molecular formula is C17H17N3O. The average molecular weight is 279 g/mol. The lowest BCUT2D eigenvalue weighted by Gasteiger charge is -2.01. The third-order valence-corrected chi connectivity index (χ3v) is 4.77. The van der Waals surface area contributed by atoms with Gasteiger partial charge in [-0.2, -0.15) is 10.2 Å². The Morgan fingerprint density at radius 2 is 2.00 bits per heavy atom. The van der Waals surface area contributed by atoms with E-state index in [4.69, 9.17) is 9.78 Å². The third kappa shape index (κ3) is 2.33. The van der Waals surface area contributed by atoms with Gasteiger partial charge in [-0.05, 0) is 48.8 Å². The number of hydrogen-bond acceptors (Lipinski definition) is 4. The number of rotatable bonds is 4. The molecule has 1 aromatic carbocycles. The molecule has 0 aliphatic heterocycles. The smallest absolute Gasteiger partial charge is 0.230 e. The van der Waals surface area contributed by atoms with Gasteiger partial charge in [0.25, 0.3) is 0 Å². The van der Waals surface area contributed by atoms with E-state index in [2.05, 4.69) is 23.1 Å². The quantitative estimate of drug-likeness (QED) is 0.855. The molecule has 0 unspecified atom stereocenters. The Morgan fingerprint density at radius 3 is 2.67 bits per heavy atom. The van der Waals surface area contributed by atoms with Crippen molar-refractivity contribution in [1.82, 2.24) is 10.1 Å². The fourth-order valence-electron chi connectivity index (χ4n) is 3.03. The first-order chi connectivity index (χ1) is 10.3. The number of benzene rings is 1. The van der Waals surface area contributed by atoms with Gasteiger partial charge in [0.15, 0.2) is 5.82 Å². The van der Waals surface area contributed by atoms with E-state index in [1.165, 1.54) is 18.4 Å². The van der Waals surface area contributed by atoms with E-state index < -0.39 is 0 Å². The van der Waals surface area contributed by atoms with Crippen LogP contribution in [0.4, 0.5) is 0 Å². The minimum absolute atomic E-state index is 0.352. The zero-order valence-electron chi connectivity index (χ0n) is 12.0. The highest BCUT2D eigenvalue weighted by Crippen LogP contribution is 2.54. The maximum atomic E-state index is 8.83. The van der Waals surface area contributed by atoms with E-state index in [0.717, 1.165) is 24.1 Å². The van der Waals surface area contributed by atoms with Crippen LogP contribution in [0.5, 0.6) is 0 Å². The monoisotopic (exact) mass is 279 g/mol. The van der Waals surface area contributed by atoms with Crippen LogP contribution in [0, 0.1) is 17.2 Å². The maximum absolute atomic E-state index is 8.83. The summed E-state index contributed by atoms with van der Waals surface area (Å²) in [5.74, 6) is 3.65. The second-order valence-corrected chi connectivity index (χ2v) is 6.30. The molecule has 21 heavy (non-hydrogen) atoms. The van der Waals surface area contributed by atoms with Crippen LogP contribution in [0.1, 0.15) is 66.8 Å². The van der Waals surface area contributed by atoms with Crippen molar-refractivity contribution in [1.29, 1.82) is 5.26 Å². The van der Waals surface area contributed by atoms with Gasteiger partial charge in [-0.15, -0.1) is 0 Å². The molecule has 106 valence electrons. The van der Waals surface area contributed by atoms with Crippen molar-refractivity contribution in [2.75, 3.05) is 0 Å². The minimum atomic E-state index is 0.352. The Morgan fingerprint density at radius 1 is 1.24 bits per heavy atom. The van der Waals surface area contributed by atoms with Crippen LogP contribution in [0.25, 0.3) is 0 Å². The molecule has 2 saturated carbocycles. The summed E-state index contributed by atoms with van der Waals surface area (Å²) in [6, 6.07) is 9.97. The Hall–Kier alpha value is -2.15. The molecule has 2 aliphatic carbocycles. The molecule has 0 amide bonds. The highest BCUT2D eigenvalue weighted by molar-refractivity contribution is 5.37. The summed E-state index contributed by atoms with van der Waals surface area (Å²) >= 11 is 0. The molecule has 0 spiro atoms. The fraction of sp³-hybridized carbons (Fsp3) is 0.471. The van der Waals surface area contributed by atoms with E-state index in [-0.39, 0.29) is 0 Å². The van der Waals surface area contributed by atoms with Gasteiger partial charge >= 0.3 is 0 Å². The second kappa shape index (κ2) is 4.70. The molecule has 1 heterocycles. The normalized spacial score (nSPS) is 25.3. The van der Waals surface area contributed by atoms with E-state index in [0.29, 0.717) is 23.3 Å². The van der Waals surface area contributed by atoms with Gasteiger partial charge in [0, 0.05) is 11.8 Å². The van der Waals surface area contributed by atoms with Crippen molar-refractivity contribution in [3.05, 3.63) is 47.1 Å². The van der Waals surface area contributed by atoms with Gasteiger partial charge in [0.05, 0.1) is 11.6 Å². The molecular weight excluding hydrogens is 262 g/mol. The van der Waals surface area contributed by atoms with Crippen molar-refractivity contribution in [2.45, 2.75) is 43.9 Å². The second-order valence-electron chi connectivity index (χ2n) is 6.30. The highest BCUT2D eigenvalue weighted by atomic mass is 16.5. The Labute approximate surface area is 123 Å². The lowest BCUT2D eigenvalue weighted by Crippen LogP contribution is -1.98. The zero-order valence-corrected chi connectivity index (χ0v) is 12.0. The first kappa shape index (κ1) is 12.6. The van der Waals surface area contributed by atoms with E-state index in [1.807, 2.05) is 24.3 Å². The SMILES string of the molecule is C[C@H](c1noc([C@@H]2C[C@H]2c2ccc(C#N)cc2)n1)C1CC1. The standard InChI is InChI=1S/C17H17N3O/c1-10(12-6-7-12)16-19-17(21-20-16)15-8-14(15)13-4-2-11(9-18)3-5-13/h2-5,10,12,14-15H,6-8H2,1H3/t10-,14-,15+/m0/s1. The van der Waals surface area contributed by atoms with Crippen molar-refractivity contribution in [3.8, 4) is 6.07 Å². The third-order valence-electron chi connectivity index (χ3n) is 4.77. The average Bonchev–Trinajstić information content (AvgIpc) is 3.45. The Balaban J connectivity index is 1.47. The lowest BCUT2D eigenvalue weighted by atomic mass is 10.1. The first-order valence-electron chi connectivity index (χ1n) is 7.60. The predicted octanol–water partition coefficient (Wildman–Crippen LogP) is 3.73. The van der Waals surface area contributed by atoms with Gasteiger partial charge in [-0.1, -0.05) is 24.2 Å². The van der Waals surface area contributed by atoms with Crippen LogP contribution >= 0.6 is 0 Å². The number of nitriles is 1. The fourth-order valence-corrected chi connectivity index (χ4v) is 3.03. The summed E-state index contributed by atoms with van der Waals surface area (Å²) < 4.78 is 5.47. The van der Waals surface area contributed by atoms with Crippen molar-refractivity contribution >= 4 is 0 Å². The minimum Gasteiger partial charge on any atom is -0.339 e. The summed E-state index contributed by atoms with van der Waals surface area (Å²) in [6.45, 7) is 2.19. The molecule has 1 aromatic heterocycles. The van der Waals surface area contributed by atoms with Crippen molar-refractivity contribution < 1.29 is 4.52 Å². The van der Waals surface area contributed by atoms with Crippen LogP contribution in [0.3, 0.4) is 0 Å². The van der Waals surface area contributed by atoms with Crippen LogP contribution in [0.15, 0.2) is 28.8 Å². The zero-order chi connectivity index (χ0) is 14.4. The Kier molecular flexibility index (Phi) is 2.81. The predicted molar refractivity (Wildman–Crippen MR) is 76.7 cm³/mol. The molecule has 0 saturated heterocycles. The van der Waals surface area contributed by atoms with E-state index in [9.17, 15) is 0 Å². The van der Waals surface area contributed by atoms with Gasteiger partial charge in [0.2, 0.25) is 5.89 Å². The molecule has 4 heteroatoms. The van der Waals surface area contributed by atoms with E-state index in [1.54, 1.807) is 0 Å². The number of hydrogen-bond donors (Lipinski definition) is 0. The molecule has 4 rings (SSSR count). The molecule has 0 radical (unpaired) electrons. The summed E-state index contributed by atoms with van der Waals surface area (Å²) in [5.41, 5.74) is 1.96. The van der Waals surface area contributed by atoms with Gasteiger partial charge < -0.3 is 4.52 Å². The van der Waals surface area contributed by atoms with E-state index >= 15 is 0 Å². The lowest BCUT2D eigenvalue weighted by molar-refractivity contribution is 0.368. The highest BCUT2D eigenvalue weighted by Gasteiger charge is 2.44. The van der Waals surface area contributed by atoms with Crippen molar-refractivity contribution in [3.63, 3.8) is 0 Å². The van der Waals surface area contributed by atoms with Crippen LogP contribution in [-0.2, 0) is 0 Å².